The van der Waals surface area contributed by atoms with Crippen LogP contribution in [-0.2, 0) is 0 Å². The molecule has 1 aromatic heterocycles. The smallest absolute Gasteiger partial charge is 0.339 e. The van der Waals surface area contributed by atoms with Gasteiger partial charge in [-0.3, -0.25) is 4.98 Å². The molecule has 1 heterocycles. The predicted molar refractivity (Wildman–Crippen MR) is 60.7 cm³/mol. The molecule has 0 saturated heterocycles. The van der Waals surface area contributed by atoms with Crippen molar-refractivity contribution in [3.05, 3.63) is 23.5 Å². The summed E-state index contributed by atoms with van der Waals surface area (Å²) in [7, 11) is 0. The summed E-state index contributed by atoms with van der Waals surface area (Å²) in [5.41, 5.74) is 0.410. The molecule has 0 aliphatic heterocycles. The number of nitrogens with one attached hydrogen (secondary N) is 1. The van der Waals surface area contributed by atoms with E-state index in [-0.39, 0.29) is 12.1 Å². The number of anilines is 1. The predicted octanol–water partition coefficient (Wildman–Crippen LogP) is 1.27. The van der Waals surface area contributed by atoms with Crippen LogP contribution in [0.15, 0.2) is 12.3 Å². The second kappa shape index (κ2) is 4.49. The minimum Gasteiger partial charge on any atom is -0.478 e. The quantitative estimate of drug-likeness (QED) is 0.717. The van der Waals surface area contributed by atoms with Crippen LogP contribution < -0.4 is 5.32 Å². The van der Waals surface area contributed by atoms with Crippen molar-refractivity contribution >= 4 is 11.7 Å². The lowest BCUT2D eigenvalue weighted by molar-refractivity contribution is 0.0695. The Morgan fingerprint density at radius 2 is 2.19 bits per heavy atom. The zero-order valence-electron chi connectivity index (χ0n) is 9.61. The fourth-order valence-electron chi connectivity index (χ4n) is 1.19. The first-order chi connectivity index (χ1) is 7.29. The Bertz CT molecular complexity index is 397. The number of pyridine rings is 1. The van der Waals surface area contributed by atoms with Gasteiger partial charge in [0.15, 0.2) is 0 Å². The second-order valence-electron chi connectivity index (χ2n) is 4.34. The van der Waals surface area contributed by atoms with Crippen molar-refractivity contribution in [3.63, 3.8) is 0 Å². The first kappa shape index (κ1) is 12.4. The number of hydrogen-bond donors (Lipinski definition) is 3. The zero-order valence-corrected chi connectivity index (χ0v) is 9.61. The van der Waals surface area contributed by atoms with Crippen LogP contribution in [0.25, 0.3) is 0 Å². The summed E-state index contributed by atoms with van der Waals surface area (Å²) < 4.78 is 0. The van der Waals surface area contributed by atoms with Crippen LogP contribution in [0.4, 0.5) is 5.69 Å². The maximum atomic E-state index is 10.9. The number of aromatic carboxylic acids is 1. The van der Waals surface area contributed by atoms with Gasteiger partial charge in [-0.25, -0.2) is 4.79 Å². The molecule has 88 valence electrons. The van der Waals surface area contributed by atoms with E-state index < -0.39 is 11.6 Å². The highest BCUT2D eigenvalue weighted by atomic mass is 16.4. The maximum absolute atomic E-state index is 10.9. The molecule has 3 N–H and O–H groups in total. The first-order valence-corrected chi connectivity index (χ1v) is 4.96. The molecular weight excluding hydrogens is 208 g/mol. The third kappa shape index (κ3) is 3.51. The minimum absolute atomic E-state index is 0.106. The molecule has 0 unspecified atom stereocenters. The van der Waals surface area contributed by atoms with Gasteiger partial charge in [0.2, 0.25) is 0 Å². The summed E-state index contributed by atoms with van der Waals surface area (Å²) >= 11 is 0. The SMILES string of the molecule is Cc1cc(NCC(C)(C)O)c(C(=O)O)cn1. The highest BCUT2D eigenvalue weighted by Gasteiger charge is 2.15. The Labute approximate surface area is 94.1 Å². The zero-order chi connectivity index (χ0) is 12.3. The van der Waals surface area contributed by atoms with Crippen molar-refractivity contribution in [1.29, 1.82) is 0 Å². The van der Waals surface area contributed by atoms with Gasteiger partial charge >= 0.3 is 5.97 Å². The molecule has 0 bridgehead atoms. The number of carboxylic acid groups (broad SMARTS) is 1. The van der Waals surface area contributed by atoms with E-state index >= 15 is 0 Å². The molecule has 0 aliphatic carbocycles. The number of aliphatic hydroxyl groups is 1. The second-order valence-corrected chi connectivity index (χ2v) is 4.34. The molecule has 1 rings (SSSR count). The molecule has 0 aliphatic rings. The van der Waals surface area contributed by atoms with Gasteiger partial charge in [-0.05, 0) is 26.8 Å². The molecule has 1 aromatic rings. The van der Waals surface area contributed by atoms with Gasteiger partial charge < -0.3 is 15.5 Å². The van der Waals surface area contributed by atoms with Crippen LogP contribution in [-0.4, -0.2) is 33.3 Å². The average molecular weight is 224 g/mol. The van der Waals surface area contributed by atoms with E-state index in [2.05, 4.69) is 10.3 Å². The molecule has 0 fully saturated rings. The molecule has 16 heavy (non-hydrogen) atoms. The van der Waals surface area contributed by atoms with E-state index in [1.807, 2.05) is 0 Å². The van der Waals surface area contributed by atoms with Crippen molar-refractivity contribution in [2.24, 2.45) is 0 Å². The van der Waals surface area contributed by atoms with Gasteiger partial charge in [0.25, 0.3) is 0 Å². The minimum atomic E-state index is -1.04. The first-order valence-electron chi connectivity index (χ1n) is 4.96. The number of carbonyl (C=O) groups is 1. The van der Waals surface area contributed by atoms with Crippen molar-refractivity contribution < 1.29 is 15.0 Å². The van der Waals surface area contributed by atoms with Crippen LogP contribution in [0, 0.1) is 6.92 Å². The largest absolute Gasteiger partial charge is 0.478 e. The molecule has 5 heteroatoms. The summed E-state index contributed by atoms with van der Waals surface area (Å²) in [6.07, 6.45) is 1.31. The van der Waals surface area contributed by atoms with Crippen molar-refractivity contribution in [2.75, 3.05) is 11.9 Å². The number of hydrogen-bond acceptors (Lipinski definition) is 4. The summed E-state index contributed by atoms with van der Waals surface area (Å²) in [6, 6.07) is 1.65. The van der Waals surface area contributed by atoms with E-state index in [0.717, 1.165) is 5.69 Å². The fraction of sp³-hybridized carbons (Fsp3) is 0.455. The number of nitrogens with zero attached hydrogens (tertiary/aromatic N) is 1. The summed E-state index contributed by atoms with van der Waals surface area (Å²) in [5.74, 6) is -1.04. The Hall–Kier alpha value is -1.62. The van der Waals surface area contributed by atoms with Crippen LogP contribution in [0.2, 0.25) is 0 Å². The molecule has 0 radical (unpaired) electrons. The van der Waals surface area contributed by atoms with Crippen molar-refractivity contribution in [3.8, 4) is 0 Å². The number of aromatic nitrogens is 1. The molecule has 0 aromatic carbocycles. The number of aryl methyl sites for hydroxylation is 1. The number of carboxylic acids is 1. The molecule has 0 spiro atoms. The highest BCUT2D eigenvalue weighted by Crippen LogP contribution is 2.16. The molecule has 0 saturated carbocycles. The number of rotatable bonds is 4. The van der Waals surface area contributed by atoms with Crippen molar-refractivity contribution in [2.45, 2.75) is 26.4 Å². The summed E-state index contributed by atoms with van der Waals surface area (Å²) in [4.78, 5) is 14.8. The Morgan fingerprint density at radius 1 is 1.56 bits per heavy atom. The Balaban J connectivity index is 2.93. The standard InChI is InChI=1S/C11H16N2O3/c1-7-4-9(13-6-11(2,3)16)8(5-12-7)10(14)15/h4-5,16H,6H2,1-3H3,(H,12,13)(H,14,15). The third-order valence-electron chi connectivity index (χ3n) is 1.98. The molecular formula is C11H16N2O3. The van der Waals surface area contributed by atoms with Crippen molar-refractivity contribution in [1.82, 2.24) is 4.98 Å². The topological polar surface area (TPSA) is 82.5 Å². The summed E-state index contributed by atoms with van der Waals surface area (Å²) in [6.45, 7) is 5.35. The van der Waals surface area contributed by atoms with Crippen LogP contribution in [0.1, 0.15) is 29.9 Å². The van der Waals surface area contributed by atoms with Gasteiger partial charge in [0.05, 0.1) is 11.3 Å². The third-order valence-corrected chi connectivity index (χ3v) is 1.98. The van der Waals surface area contributed by atoms with E-state index in [4.69, 9.17) is 5.11 Å². The Kier molecular flexibility index (Phi) is 3.49. The van der Waals surface area contributed by atoms with Gasteiger partial charge in [0, 0.05) is 18.4 Å². The van der Waals surface area contributed by atoms with Gasteiger partial charge in [0.1, 0.15) is 5.56 Å². The maximum Gasteiger partial charge on any atom is 0.339 e. The van der Waals surface area contributed by atoms with Crippen LogP contribution in [0.5, 0.6) is 0 Å². The molecule has 0 amide bonds. The fourth-order valence-corrected chi connectivity index (χ4v) is 1.19. The normalized spacial score (nSPS) is 11.2. The van der Waals surface area contributed by atoms with Gasteiger partial charge in [-0.15, -0.1) is 0 Å². The Morgan fingerprint density at radius 3 is 2.69 bits per heavy atom. The van der Waals surface area contributed by atoms with Crippen LogP contribution in [0.3, 0.4) is 0 Å². The average Bonchev–Trinajstić information content (AvgIpc) is 2.13. The summed E-state index contributed by atoms with van der Waals surface area (Å²) in [5, 5.41) is 21.4. The van der Waals surface area contributed by atoms with E-state index in [1.165, 1.54) is 6.20 Å². The highest BCUT2D eigenvalue weighted by molar-refractivity contribution is 5.93. The van der Waals surface area contributed by atoms with Gasteiger partial charge in [-0.2, -0.15) is 0 Å². The molecule has 5 nitrogen and oxygen atoms in total. The lowest BCUT2D eigenvalue weighted by Gasteiger charge is -2.19. The monoisotopic (exact) mass is 224 g/mol. The van der Waals surface area contributed by atoms with E-state index in [0.29, 0.717) is 5.69 Å². The molecule has 0 atom stereocenters. The lowest BCUT2D eigenvalue weighted by atomic mass is 10.1. The lowest BCUT2D eigenvalue weighted by Crippen LogP contribution is -2.29. The van der Waals surface area contributed by atoms with Gasteiger partial charge in [-0.1, -0.05) is 0 Å². The van der Waals surface area contributed by atoms with E-state index in [9.17, 15) is 9.90 Å². The van der Waals surface area contributed by atoms with Crippen LogP contribution >= 0.6 is 0 Å². The van der Waals surface area contributed by atoms with E-state index in [1.54, 1.807) is 26.8 Å².